The molecule has 2 rings (SSSR count). The molecule has 0 radical (unpaired) electrons. The highest BCUT2D eigenvalue weighted by molar-refractivity contribution is 5.06. The third-order valence-electron chi connectivity index (χ3n) is 4.56. The van der Waals surface area contributed by atoms with E-state index >= 15 is 0 Å². The second-order valence-corrected chi connectivity index (χ2v) is 5.74. The standard InChI is InChI=1S/C14H24/c1-12-7-6-8-13(11-12)14(2)9-4-3-5-10-14/h7,13H,3-6,8-11H2,1-2H3. The average Bonchev–Trinajstić information content (AvgIpc) is 2.19. The summed E-state index contributed by atoms with van der Waals surface area (Å²) in [4.78, 5) is 0. The van der Waals surface area contributed by atoms with Crippen LogP contribution in [0.15, 0.2) is 11.6 Å². The molecule has 0 aromatic rings. The summed E-state index contributed by atoms with van der Waals surface area (Å²) in [6.07, 6.45) is 14.1. The smallest absolute Gasteiger partial charge is 0.0289 e. The fraction of sp³-hybridized carbons (Fsp3) is 0.857. The van der Waals surface area contributed by atoms with Crippen LogP contribution in [0.3, 0.4) is 0 Å². The predicted molar refractivity (Wildman–Crippen MR) is 62.3 cm³/mol. The van der Waals surface area contributed by atoms with Crippen LogP contribution in [0.1, 0.15) is 65.2 Å². The molecule has 0 bridgehead atoms. The first-order valence-electron chi connectivity index (χ1n) is 6.36. The Bertz CT molecular complexity index is 218. The van der Waals surface area contributed by atoms with Crippen LogP contribution in [0.2, 0.25) is 0 Å². The van der Waals surface area contributed by atoms with Gasteiger partial charge in [-0.15, -0.1) is 0 Å². The highest BCUT2D eigenvalue weighted by Crippen LogP contribution is 2.47. The van der Waals surface area contributed by atoms with E-state index in [9.17, 15) is 0 Å². The fourth-order valence-corrected chi connectivity index (χ4v) is 3.47. The monoisotopic (exact) mass is 192 g/mol. The summed E-state index contributed by atoms with van der Waals surface area (Å²) >= 11 is 0. The van der Waals surface area contributed by atoms with Crippen LogP contribution in [0.4, 0.5) is 0 Å². The zero-order valence-corrected chi connectivity index (χ0v) is 9.81. The van der Waals surface area contributed by atoms with Gasteiger partial charge < -0.3 is 0 Å². The molecule has 0 heterocycles. The molecule has 1 atom stereocenters. The maximum absolute atomic E-state index is 2.55. The Balaban J connectivity index is 2.02. The zero-order valence-electron chi connectivity index (χ0n) is 9.81. The molecule has 0 heteroatoms. The summed E-state index contributed by atoms with van der Waals surface area (Å²) in [5, 5.41) is 0. The van der Waals surface area contributed by atoms with E-state index in [1.54, 1.807) is 5.57 Å². The highest BCUT2D eigenvalue weighted by Gasteiger charge is 2.35. The molecule has 80 valence electrons. The molecule has 0 spiro atoms. The Morgan fingerprint density at radius 1 is 1.21 bits per heavy atom. The average molecular weight is 192 g/mol. The van der Waals surface area contributed by atoms with Crippen LogP contribution >= 0.6 is 0 Å². The minimum absolute atomic E-state index is 0.688. The Morgan fingerprint density at radius 2 is 1.93 bits per heavy atom. The molecule has 1 fully saturated rings. The summed E-state index contributed by atoms with van der Waals surface area (Å²) in [6.45, 7) is 4.87. The van der Waals surface area contributed by atoms with Crippen molar-refractivity contribution < 1.29 is 0 Å². The van der Waals surface area contributed by atoms with Crippen molar-refractivity contribution in [3.05, 3.63) is 11.6 Å². The zero-order chi connectivity index (χ0) is 10.0. The first kappa shape index (κ1) is 10.3. The summed E-state index contributed by atoms with van der Waals surface area (Å²) in [7, 11) is 0. The van der Waals surface area contributed by atoms with Gasteiger partial charge in [0, 0.05) is 0 Å². The quantitative estimate of drug-likeness (QED) is 0.528. The second-order valence-electron chi connectivity index (χ2n) is 5.74. The van der Waals surface area contributed by atoms with Crippen LogP contribution in [0.5, 0.6) is 0 Å². The summed E-state index contributed by atoms with van der Waals surface area (Å²) in [5.41, 5.74) is 2.33. The van der Waals surface area contributed by atoms with Crippen molar-refractivity contribution in [1.82, 2.24) is 0 Å². The van der Waals surface area contributed by atoms with Crippen molar-refractivity contribution in [3.63, 3.8) is 0 Å². The van der Waals surface area contributed by atoms with Crippen molar-refractivity contribution in [2.45, 2.75) is 65.2 Å². The minimum Gasteiger partial charge on any atom is -0.0856 e. The normalized spacial score (nSPS) is 32.4. The molecule has 0 aliphatic heterocycles. The van der Waals surface area contributed by atoms with Crippen molar-refractivity contribution >= 4 is 0 Å². The van der Waals surface area contributed by atoms with Gasteiger partial charge in [-0.05, 0) is 50.4 Å². The van der Waals surface area contributed by atoms with E-state index in [2.05, 4.69) is 19.9 Å². The van der Waals surface area contributed by atoms with Gasteiger partial charge in [-0.1, -0.05) is 37.8 Å². The Morgan fingerprint density at radius 3 is 2.57 bits per heavy atom. The third kappa shape index (κ3) is 2.04. The van der Waals surface area contributed by atoms with Gasteiger partial charge in [-0.2, -0.15) is 0 Å². The van der Waals surface area contributed by atoms with E-state index in [4.69, 9.17) is 0 Å². The van der Waals surface area contributed by atoms with Gasteiger partial charge in [-0.3, -0.25) is 0 Å². The van der Waals surface area contributed by atoms with Gasteiger partial charge in [-0.25, -0.2) is 0 Å². The van der Waals surface area contributed by atoms with Crippen molar-refractivity contribution in [2.24, 2.45) is 11.3 Å². The molecule has 14 heavy (non-hydrogen) atoms. The first-order valence-corrected chi connectivity index (χ1v) is 6.36. The van der Waals surface area contributed by atoms with Gasteiger partial charge in [0.2, 0.25) is 0 Å². The maximum atomic E-state index is 2.55. The summed E-state index contributed by atoms with van der Waals surface area (Å²) in [6, 6.07) is 0. The van der Waals surface area contributed by atoms with Crippen LogP contribution in [-0.2, 0) is 0 Å². The lowest BCUT2D eigenvalue weighted by molar-refractivity contribution is 0.108. The number of hydrogen-bond donors (Lipinski definition) is 0. The van der Waals surface area contributed by atoms with E-state index in [0.29, 0.717) is 5.41 Å². The lowest BCUT2D eigenvalue weighted by atomic mass is 9.63. The van der Waals surface area contributed by atoms with Crippen LogP contribution in [0.25, 0.3) is 0 Å². The summed E-state index contributed by atoms with van der Waals surface area (Å²) < 4.78 is 0. The summed E-state index contributed by atoms with van der Waals surface area (Å²) in [5.74, 6) is 0.993. The van der Waals surface area contributed by atoms with E-state index in [1.165, 1.54) is 51.4 Å². The highest BCUT2D eigenvalue weighted by atomic mass is 14.4. The maximum Gasteiger partial charge on any atom is -0.0289 e. The molecular formula is C14H24. The first-order chi connectivity index (χ1) is 6.71. The van der Waals surface area contributed by atoms with Gasteiger partial charge in [0.1, 0.15) is 0 Å². The molecule has 0 aromatic carbocycles. The number of allylic oxidation sites excluding steroid dienone is 2. The third-order valence-corrected chi connectivity index (χ3v) is 4.56. The number of rotatable bonds is 1. The van der Waals surface area contributed by atoms with Gasteiger partial charge >= 0.3 is 0 Å². The lowest BCUT2D eigenvalue weighted by Gasteiger charge is -2.42. The molecule has 2 aliphatic rings. The van der Waals surface area contributed by atoms with E-state index in [0.717, 1.165) is 5.92 Å². The molecule has 1 unspecified atom stereocenters. The van der Waals surface area contributed by atoms with Gasteiger partial charge in [0.05, 0.1) is 0 Å². The molecule has 2 aliphatic carbocycles. The Kier molecular flexibility index (Phi) is 2.99. The van der Waals surface area contributed by atoms with Gasteiger partial charge in [0.15, 0.2) is 0 Å². The molecule has 0 aromatic heterocycles. The van der Waals surface area contributed by atoms with Crippen LogP contribution in [-0.4, -0.2) is 0 Å². The van der Waals surface area contributed by atoms with Crippen LogP contribution in [0, 0.1) is 11.3 Å². The van der Waals surface area contributed by atoms with Crippen molar-refractivity contribution in [2.75, 3.05) is 0 Å². The fourth-order valence-electron chi connectivity index (χ4n) is 3.47. The SMILES string of the molecule is CC1=CCCC(C2(C)CCCCC2)C1. The Labute approximate surface area is 88.8 Å². The largest absolute Gasteiger partial charge is 0.0856 e. The molecule has 0 N–H and O–H groups in total. The minimum atomic E-state index is 0.688. The molecule has 0 nitrogen and oxygen atoms in total. The molecule has 0 amide bonds. The van der Waals surface area contributed by atoms with Crippen molar-refractivity contribution in [1.29, 1.82) is 0 Å². The number of hydrogen-bond acceptors (Lipinski definition) is 0. The van der Waals surface area contributed by atoms with E-state index in [-0.39, 0.29) is 0 Å². The van der Waals surface area contributed by atoms with Gasteiger partial charge in [0.25, 0.3) is 0 Å². The van der Waals surface area contributed by atoms with E-state index in [1.807, 2.05) is 0 Å². The topological polar surface area (TPSA) is 0 Å². The second kappa shape index (κ2) is 4.08. The molecular weight excluding hydrogens is 168 g/mol. The van der Waals surface area contributed by atoms with E-state index < -0.39 is 0 Å². The predicted octanol–water partition coefficient (Wildman–Crippen LogP) is 4.70. The lowest BCUT2D eigenvalue weighted by Crippen LogP contribution is -2.31. The molecule has 0 saturated heterocycles. The van der Waals surface area contributed by atoms with Crippen molar-refractivity contribution in [3.8, 4) is 0 Å². The Hall–Kier alpha value is -0.260. The molecule has 1 saturated carbocycles. The van der Waals surface area contributed by atoms with Crippen LogP contribution < -0.4 is 0 Å².